The van der Waals surface area contributed by atoms with Crippen LogP contribution in [0.5, 0.6) is 5.75 Å². The minimum absolute atomic E-state index is 0.171. The van der Waals surface area contributed by atoms with Gasteiger partial charge in [-0.1, -0.05) is 15.9 Å². The third kappa shape index (κ3) is 2.84. The van der Waals surface area contributed by atoms with Crippen molar-refractivity contribution in [2.75, 3.05) is 19.7 Å². The predicted molar refractivity (Wildman–Crippen MR) is 77.6 cm³/mol. The smallest absolute Gasteiger partial charge is 0.141 e. The fourth-order valence-electron chi connectivity index (χ4n) is 2.94. The van der Waals surface area contributed by atoms with Gasteiger partial charge in [0, 0.05) is 35.3 Å². The molecule has 1 saturated heterocycles. The molecular weight excluding hydrogens is 306 g/mol. The van der Waals surface area contributed by atoms with Crippen molar-refractivity contribution in [1.29, 1.82) is 0 Å². The number of piperidine rings is 1. The molecule has 1 atom stereocenters. The van der Waals surface area contributed by atoms with Crippen molar-refractivity contribution in [1.82, 2.24) is 5.32 Å². The Morgan fingerprint density at radius 2 is 2.37 bits per heavy atom. The zero-order valence-corrected chi connectivity index (χ0v) is 12.5. The van der Waals surface area contributed by atoms with Gasteiger partial charge in [-0.3, -0.25) is 4.79 Å². The Morgan fingerprint density at radius 1 is 1.47 bits per heavy atom. The minimum atomic E-state index is 0.171. The van der Waals surface area contributed by atoms with Gasteiger partial charge in [-0.15, -0.1) is 0 Å². The maximum atomic E-state index is 12.4. The van der Waals surface area contributed by atoms with Crippen LogP contribution in [0.2, 0.25) is 0 Å². The van der Waals surface area contributed by atoms with E-state index in [2.05, 4.69) is 27.3 Å². The first-order chi connectivity index (χ1) is 9.24. The molecule has 2 aliphatic rings. The lowest BCUT2D eigenvalue weighted by molar-refractivity contribution is -0.122. The number of ketones is 1. The highest BCUT2D eigenvalue weighted by molar-refractivity contribution is 9.10. The Balaban J connectivity index is 1.77. The minimum Gasteiger partial charge on any atom is -0.493 e. The van der Waals surface area contributed by atoms with E-state index in [0.717, 1.165) is 54.7 Å². The van der Waals surface area contributed by atoms with Crippen molar-refractivity contribution in [3.63, 3.8) is 0 Å². The van der Waals surface area contributed by atoms with Crippen LogP contribution in [0.15, 0.2) is 16.6 Å². The SMILES string of the molecule is O=C(Cc1cc(Br)cc2c1OCC2)C1CCCNC1. The fourth-order valence-corrected chi connectivity index (χ4v) is 3.49. The molecule has 1 aromatic carbocycles. The summed E-state index contributed by atoms with van der Waals surface area (Å²) in [6, 6.07) is 4.12. The standard InChI is InChI=1S/C15H18BrNO2/c16-13-6-10-3-5-19-15(10)12(7-13)8-14(18)11-2-1-4-17-9-11/h6-7,11,17H,1-5,8-9H2. The van der Waals surface area contributed by atoms with Gasteiger partial charge < -0.3 is 10.1 Å². The van der Waals surface area contributed by atoms with E-state index in [-0.39, 0.29) is 5.92 Å². The summed E-state index contributed by atoms with van der Waals surface area (Å²) < 4.78 is 6.73. The maximum Gasteiger partial charge on any atom is 0.141 e. The highest BCUT2D eigenvalue weighted by Crippen LogP contribution is 2.33. The van der Waals surface area contributed by atoms with Crippen LogP contribution in [0.25, 0.3) is 0 Å². The van der Waals surface area contributed by atoms with Crippen LogP contribution in [-0.4, -0.2) is 25.5 Å². The van der Waals surface area contributed by atoms with E-state index in [9.17, 15) is 4.79 Å². The molecule has 0 saturated carbocycles. The summed E-state index contributed by atoms with van der Waals surface area (Å²) in [5.41, 5.74) is 2.26. The monoisotopic (exact) mass is 323 g/mol. The molecule has 1 unspecified atom stereocenters. The molecule has 4 heteroatoms. The maximum absolute atomic E-state index is 12.4. The third-order valence-electron chi connectivity index (χ3n) is 3.94. The number of hydrogen-bond donors (Lipinski definition) is 1. The highest BCUT2D eigenvalue weighted by atomic mass is 79.9. The number of hydrogen-bond acceptors (Lipinski definition) is 3. The van der Waals surface area contributed by atoms with Gasteiger partial charge in [0.2, 0.25) is 0 Å². The van der Waals surface area contributed by atoms with Crippen LogP contribution < -0.4 is 10.1 Å². The normalized spacial score (nSPS) is 21.8. The largest absolute Gasteiger partial charge is 0.493 e. The second-order valence-electron chi connectivity index (χ2n) is 5.34. The van der Waals surface area contributed by atoms with Gasteiger partial charge >= 0.3 is 0 Å². The zero-order chi connectivity index (χ0) is 13.2. The predicted octanol–water partition coefficient (Wildman–Crippen LogP) is 2.50. The number of ether oxygens (including phenoxy) is 1. The first-order valence-electron chi connectivity index (χ1n) is 6.91. The van der Waals surface area contributed by atoms with Crippen LogP contribution in [0.3, 0.4) is 0 Å². The molecule has 1 fully saturated rings. The molecule has 19 heavy (non-hydrogen) atoms. The molecule has 102 valence electrons. The summed E-state index contributed by atoms with van der Waals surface area (Å²) in [5.74, 6) is 1.45. The third-order valence-corrected chi connectivity index (χ3v) is 4.40. The Labute approximate surface area is 121 Å². The fraction of sp³-hybridized carbons (Fsp3) is 0.533. The van der Waals surface area contributed by atoms with Crippen molar-refractivity contribution in [2.24, 2.45) is 5.92 Å². The average Bonchev–Trinajstić information content (AvgIpc) is 2.88. The summed E-state index contributed by atoms with van der Waals surface area (Å²) >= 11 is 3.52. The van der Waals surface area contributed by atoms with Crippen molar-refractivity contribution in [3.05, 3.63) is 27.7 Å². The molecule has 0 radical (unpaired) electrons. The van der Waals surface area contributed by atoms with Crippen LogP contribution >= 0.6 is 15.9 Å². The molecule has 0 amide bonds. The summed E-state index contributed by atoms with van der Waals surface area (Å²) in [6.45, 7) is 2.60. The highest BCUT2D eigenvalue weighted by Gasteiger charge is 2.24. The molecule has 1 aromatic rings. The van der Waals surface area contributed by atoms with Gasteiger partial charge in [0.15, 0.2) is 0 Å². The Bertz CT molecular complexity index is 495. The number of fused-ring (bicyclic) bond motifs is 1. The Kier molecular flexibility index (Phi) is 3.89. The van der Waals surface area contributed by atoms with Crippen LogP contribution in [-0.2, 0) is 17.6 Å². The lowest BCUT2D eigenvalue weighted by atomic mass is 9.91. The number of carbonyl (C=O) groups excluding carboxylic acids is 1. The van der Waals surface area contributed by atoms with Gasteiger partial charge in [0.25, 0.3) is 0 Å². The average molecular weight is 324 g/mol. The molecule has 2 heterocycles. The lowest BCUT2D eigenvalue weighted by Crippen LogP contribution is -2.35. The summed E-state index contributed by atoms with van der Waals surface area (Å²) in [6.07, 6.45) is 3.56. The summed E-state index contributed by atoms with van der Waals surface area (Å²) in [5, 5.41) is 3.30. The van der Waals surface area contributed by atoms with E-state index >= 15 is 0 Å². The number of rotatable bonds is 3. The molecule has 3 nitrogen and oxygen atoms in total. The van der Waals surface area contributed by atoms with Crippen molar-refractivity contribution in [3.8, 4) is 5.75 Å². The van der Waals surface area contributed by atoms with Crippen molar-refractivity contribution in [2.45, 2.75) is 25.7 Å². The second kappa shape index (κ2) is 5.63. The zero-order valence-electron chi connectivity index (χ0n) is 10.9. The van der Waals surface area contributed by atoms with Crippen LogP contribution in [0.4, 0.5) is 0 Å². The number of carbonyl (C=O) groups is 1. The Morgan fingerprint density at radius 3 is 3.16 bits per heavy atom. The first-order valence-corrected chi connectivity index (χ1v) is 7.71. The molecule has 3 rings (SSSR count). The van der Waals surface area contributed by atoms with Gasteiger partial charge in [-0.05, 0) is 37.1 Å². The summed E-state index contributed by atoms with van der Waals surface area (Å²) in [7, 11) is 0. The topological polar surface area (TPSA) is 38.3 Å². The van der Waals surface area contributed by atoms with E-state index in [1.165, 1.54) is 5.56 Å². The molecule has 0 bridgehead atoms. The molecule has 1 N–H and O–H groups in total. The number of nitrogens with one attached hydrogen (secondary N) is 1. The summed E-state index contributed by atoms with van der Waals surface area (Å²) in [4.78, 5) is 12.4. The van der Waals surface area contributed by atoms with Gasteiger partial charge in [0.05, 0.1) is 6.61 Å². The van der Waals surface area contributed by atoms with E-state index in [1.54, 1.807) is 0 Å². The molecule has 0 aromatic heterocycles. The number of halogens is 1. The van der Waals surface area contributed by atoms with E-state index < -0.39 is 0 Å². The molecule has 2 aliphatic heterocycles. The van der Waals surface area contributed by atoms with Gasteiger partial charge in [0.1, 0.15) is 11.5 Å². The van der Waals surface area contributed by atoms with E-state index in [0.29, 0.717) is 12.2 Å². The van der Waals surface area contributed by atoms with E-state index in [1.807, 2.05) is 6.07 Å². The number of benzene rings is 1. The molecule has 0 aliphatic carbocycles. The van der Waals surface area contributed by atoms with Crippen LogP contribution in [0, 0.1) is 5.92 Å². The van der Waals surface area contributed by atoms with Crippen LogP contribution in [0.1, 0.15) is 24.0 Å². The quantitative estimate of drug-likeness (QED) is 0.928. The van der Waals surface area contributed by atoms with Gasteiger partial charge in [-0.2, -0.15) is 0 Å². The van der Waals surface area contributed by atoms with Crippen molar-refractivity contribution < 1.29 is 9.53 Å². The molecular formula is C15H18BrNO2. The molecule has 0 spiro atoms. The number of Topliss-reactive ketones (excluding diaryl/α,β-unsaturated/α-hetero) is 1. The van der Waals surface area contributed by atoms with E-state index in [4.69, 9.17) is 4.74 Å². The Hall–Kier alpha value is -0.870. The van der Waals surface area contributed by atoms with Crippen molar-refractivity contribution >= 4 is 21.7 Å². The lowest BCUT2D eigenvalue weighted by Gasteiger charge is -2.21. The van der Waals surface area contributed by atoms with Gasteiger partial charge in [-0.25, -0.2) is 0 Å². The second-order valence-corrected chi connectivity index (χ2v) is 6.25. The first kappa shape index (κ1) is 13.1.